The molecular weight excluding hydrogens is 222 g/mol. The summed E-state index contributed by atoms with van der Waals surface area (Å²) in [6, 6.07) is 15.1. The van der Waals surface area contributed by atoms with Crippen LogP contribution in [0.15, 0.2) is 53.1 Å². The molecule has 1 saturated carbocycles. The molecule has 1 atom stereocenters. The lowest BCUT2D eigenvalue weighted by Gasteiger charge is -2.47. The molecule has 1 N–H and O–H groups in total. The van der Waals surface area contributed by atoms with Crippen LogP contribution in [0.1, 0.15) is 36.6 Å². The van der Waals surface area contributed by atoms with E-state index in [2.05, 4.69) is 41.7 Å². The van der Waals surface area contributed by atoms with Crippen LogP contribution in [0.4, 0.5) is 0 Å². The highest BCUT2D eigenvalue weighted by Crippen LogP contribution is 2.51. The summed E-state index contributed by atoms with van der Waals surface area (Å²) in [5.74, 6) is 1.04. The molecule has 0 amide bonds. The molecule has 1 aliphatic rings. The maximum atomic E-state index is 5.63. The van der Waals surface area contributed by atoms with Crippen molar-refractivity contribution in [2.75, 3.05) is 7.05 Å². The Balaban J connectivity index is 2.01. The van der Waals surface area contributed by atoms with Gasteiger partial charge in [-0.3, -0.25) is 0 Å². The predicted molar refractivity (Wildman–Crippen MR) is 72.5 cm³/mol. The number of furan rings is 1. The summed E-state index contributed by atoms with van der Waals surface area (Å²) in [5.41, 5.74) is 1.63. The first-order valence-electron chi connectivity index (χ1n) is 6.63. The number of benzene rings is 1. The van der Waals surface area contributed by atoms with Crippen LogP contribution in [0.25, 0.3) is 0 Å². The van der Waals surface area contributed by atoms with Gasteiger partial charge in [0.25, 0.3) is 0 Å². The molecule has 0 saturated heterocycles. The molecular formula is C16H19NO. The van der Waals surface area contributed by atoms with Crippen molar-refractivity contribution < 1.29 is 4.42 Å². The molecule has 2 heteroatoms. The quantitative estimate of drug-likeness (QED) is 0.883. The van der Waals surface area contributed by atoms with Crippen molar-refractivity contribution in [1.82, 2.24) is 5.32 Å². The van der Waals surface area contributed by atoms with E-state index >= 15 is 0 Å². The first kappa shape index (κ1) is 11.5. The molecule has 94 valence electrons. The Bertz CT molecular complexity index is 485. The van der Waals surface area contributed by atoms with Crippen molar-refractivity contribution in [2.24, 2.45) is 0 Å². The van der Waals surface area contributed by atoms with Crippen LogP contribution < -0.4 is 5.32 Å². The molecule has 1 unspecified atom stereocenters. The summed E-state index contributed by atoms with van der Waals surface area (Å²) >= 11 is 0. The zero-order valence-electron chi connectivity index (χ0n) is 10.7. The van der Waals surface area contributed by atoms with Crippen LogP contribution in [0.5, 0.6) is 0 Å². The van der Waals surface area contributed by atoms with Crippen LogP contribution in [-0.2, 0) is 5.41 Å². The SMILES string of the molecule is CNC(c1ccco1)C1(c2ccccc2)CCC1. The second kappa shape index (κ2) is 4.62. The summed E-state index contributed by atoms with van der Waals surface area (Å²) < 4.78 is 5.63. The third kappa shape index (κ3) is 1.68. The summed E-state index contributed by atoms with van der Waals surface area (Å²) in [6.45, 7) is 0. The number of likely N-dealkylation sites (N-methyl/N-ethyl adjacent to an activating group) is 1. The number of hydrogen-bond acceptors (Lipinski definition) is 2. The average Bonchev–Trinajstić information content (AvgIpc) is 2.88. The fourth-order valence-electron chi connectivity index (χ4n) is 3.22. The van der Waals surface area contributed by atoms with Gasteiger partial charge in [-0.15, -0.1) is 0 Å². The van der Waals surface area contributed by atoms with Gasteiger partial charge in [0.1, 0.15) is 5.76 Å². The summed E-state index contributed by atoms with van der Waals surface area (Å²) in [5, 5.41) is 3.45. The van der Waals surface area contributed by atoms with Gasteiger partial charge in [-0.2, -0.15) is 0 Å². The van der Waals surface area contributed by atoms with Gasteiger partial charge in [-0.25, -0.2) is 0 Å². The Morgan fingerprint density at radius 2 is 1.89 bits per heavy atom. The fraction of sp³-hybridized carbons (Fsp3) is 0.375. The number of hydrogen-bond donors (Lipinski definition) is 1. The molecule has 2 aromatic rings. The Morgan fingerprint density at radius 1 is 1.11 bits per heavy atom. The molecule has 1 aromatic heterocycles. The zero-order chi connectivity index (χ0) is 12.4. The lowest BCUT2D eigenvalue weighted by atomic mass is 9.59. The van der Waals surface area contributed by atoms with E-state index in [1.165, 1.54) is 24.8 Å². The third-order valence-electron chi connectivity index (χ3n) is 4.26. The third-order valence-corrected chi connectivity index (χ3v) is 4.26. The molecule has 1 aliphatic carbocycles. The molecule has 0 radical (unpaired) electrons. The van der Waals surface area contributed by atoms with Crippen molar-refractivity contribution in [3.8, 4) is 0 Å². The van der Waals surface area contributed by atoms with Gasteiger partial charge in [-0.05, 0) is 37.6 Å². The lowest BCUT2D eigenvalue weighted by Crippen LogP contribution is -2.45. The highest BCUT2D eigenvalue weighted by molar-refractivity contribution is 5.33. The van der Waals surface area contributed by atoms with E-state index in [9.17, 15) is 0 Å². The fourth-order valence-corrected chi connectivity index (χ4v) is 3.22. The maximum Gasteiger partial charge on any atom is 0.121 e. The number of nitrogens with one attached hydrogen (secondary N) is 1. The van der Waals surface area contributed by atoms with Gasteiger partial charge in [0.2, 0.25) is 0 Å². The first-order chi connectivity index (χ1) is 8.87. The molecule has 18 heavy (non-hydrogen) atoms. The van der Waals surface area contributed by atoms with Gasteiger partial charge in [0, 0.05) is 5.41 Å². The van der Waals surface area contributed by atoms with Crippen LogP contribution in [0.3, 0.4) is 0 Å². The summed E-state index contributed by atoms with van der Waals surface area (Å²) in [4.78, 5) is 0. The smallest absolute Gasteiger partial charge is 0.121 e. The Labute approximate surface area is 108 Å². The number of rotatable bonds is 4. The van der Waals surface area contributed by atoms with Crippen molar-refractivity contribution in [3.05, 3.63) is 60.1 Å². The van der Waals surface area contributed by atoms with Gasteiger partial charge in [-0.1, -0.05) is 36.8 Å². The molecule has 1 fully saturated rings. The lowest BCUT2D eigenvalue weighted by molar-refractivity contribution is 0.158. The molecule has 3 rings (SSSR count). The minimum Gasteiger partial charge on any atom is -0.468 e. The van der Waals surface area contributed by atoms with Crippen molar-refractivity contribution >= 4 is 0 Å². The predicted octanol–water partition coefficient (Wildman–Crippen LogP) is 3.66. The molecule has 1 aromatic carbocycles. The van der Waals surface area contributed by atoms with Gasteiger partial charge < -0.3 is 9.73 Å². The van der Waals surface area contributed by atoms with Crippen LogP contribution in [0, 0.1) is 0 Å². The monoisotopic (exact) mass is 241 g/mol. The zero-order valence-corrected chi connectivity index (χ0v) is 10.7. The van der Waals surface area contributed by atoms with E-state index in [0.717, 1.165) is 5.76 Å². The Kier molecular flexibility index (Phi) is 2.96. The largest absolute Gasteiger partial charge is 0.468 e. The van der Waals surface area contributed by atoms with E-state index < -0.39 is 0 Å². The first-order valence-corrected chi connectivity index (χ1v) is 6.63. The average molecular weight is 241 g/mol. The highest BCUT2D eigenvalue weighted by atomic mass is 16.3. The van der Waals surface area contributed by atoms with E-state index in [-0.39, 0.29) is 11.5 Å². The second-order valence-corrected chi connectivity index (χ2v) is 5.11. The minimum atomic E-state index is 0.202. The maximum absolute atomic E-state index is 5.63. The van der Waals surface area contributed by atoms with Crippen molar-refractivity contribution in [2.45, 2.75) is 30.7 Å². The standard InChI is InChI=1S/C16H19NO/c1-17-15(14-9-5-12-18-14)16(10-6-11-16)13-7-3-2-4-8-13/h2-5,7-9,12,15,17H,6,10-11H2,1H3. The molecule has 0 bridgehead atoms. The second-order valence-electron chi connectivity index (χ2n) is 5.11. The van der Waals surface area contributed by atoms with E-state index in [0.29, 0.717) is 0 Å². The van der Waals surface area contributed by atoms with E-state index in [1.54, 1.807) is 6.26 Å². The van der Waals surface area contributed by atoms with Crippen LogP contribution in [0.2, 0.25) is 0 Å². The normalized spacial score (nSPS) is 19.2. The molecule has 2 nitrogen and oxygen atoms in total. The topological polar surface area (TPSA) is 25.2 Å². The van der Waals surface area contributed by atoms with Crippen LogP contribution in [-0.4, -0.2) is 7.05 Å². The van der Waals surface area contributed by atoms with Gasteiger partial charge >= 0.3 is 0 Å². The van der Waals surface area contributed by atoms with Crippen molar-refractivity contribution in [1.29, 1.82) is 0 Å². The summed E-state index contributed by atoms with van der Waals surface area (Å²) in [7, 11) is 2.02. The summed E-state index contributed by atoms with van der Waals surface area (Å²) in [6.07, 6.45) is 5.51. The van der Waals surface area contributed by atoms with Crippen LogP contribution >= 0.6 is 0 Å². The molecule has 0 aliphatic heterocycles. The Morgan fingerprint density at radius 3 is 2.39 bits per heavy atom. The molecule has 1 heterocycles. The van der Waals surface area contributed by atoms with E-state index in [1.807, 2.05) is 13.1 Å². The van der Waals surface area contributed by atoms with Gasteiger partial charge in [0.05, 0.1) is 12.3 Å². The van der Waals surface area contributed by atoms with Gasteiger partial charge in [0.15, 0.2) is 0 Å². The van der Waals surface area contributed by atoms with E-state index in [4.69, 9.17) is 4.42 Å². The van der Waals surface area contributed by atoms with Crippen molar-refractivity contribution in [3.63, 3.8) is 0 Å². The molecule has 0 spiro atoms. The Hall–Kier alpha value is -1.54. The minimum absolute atomic E-state index is 0.202. The highest BCUT2D eigenvalue weighted by Gasteiger charge is 2.46.